The van der Waals surface area contributed by atoms with Crippen LogP contribution in [0.4, 0.5) is 0 Å². The van der Waals surface area contributed by atoms with Crippen LogP contribution in [0.3, 0.4) is 0 Å². The molecule has 0 aliphatic carbocycles. The second kappa shape index (κ2) is 6.08. The van der Waals surface area contributed by atoms with Crippen LogP contribution in [0.25, 0.3) is 0 Å². The van der Waals surface area contributed by atoms with E-state index in [1.807, 2.05) is 17.8 Å². The maximum atomic E-state index is 11.9. The Morgan fingerprint density at radius 1 is 1.48 bits per heavy atom. The molecule has 0 amide bonds. The van der Waals surface area contributed by atoms with Crippen molar-refractivity contribution in [3.63, 3.8) is 0 Å². The zero-order valence-corrected chi connectivity index (χ0v) is 14.3. The molecule has 2 heterocycles. The summed E-state index contributed by atoms with van der Waals surface area (Å²) in [6.45, 7) is 9.19. The molecule has 0 saturated carbocycles. The fourth-order valence-corrected chi connectivity index (χ4v) is 5.11. The Balaban J connectivity index is 2.31. The normalized spacial score (nSPS) is 24.8. The molecule has 0 spiro atoms. The summed E-state index contributed by atoms with van der Waals surface area (Å²) < 4.78 is 25.7. The topological polar surface area (TPSA) is 64.0 Å². The number of nitrogens with zero attached hydrogens (tertiary/aromatic N) is 2. The predicted molar refractivity (Wildman–Crippen MR) is 85.1 cm³/mol. The van der Waals surface area contributed by atoms with Crippen molar-refractivity contribution < 1.29 is 8.42 Å². The molecule has 5 nitrogen and oxygen atoms in total. The van der Waals surface area contributed by atoms with Crippen LogP contribution in [0.1, 0.15) is 51.8 Å². The SMILES string of the molecule is CCCc1c(CNC(C)C)cnn1C1(C)CCS(=O)(=O)C1. The van der Waals surface area contributed by atoms with Crippen LogP contribution in [0.2, 0.25) is 0 Å². The maximum Gasteiger partial charge on any atom is 0.152 e. The lowest BCUT2D eigenvalue weighted by atomic mass is 10.0. The van der Waals surface area contributed by atoms with Gasteiger partial charge in [-0.3, -0.25) is 4.68 Å². The summed E-state index contributed by atoms with van der Waals surface area (Å²) in [6.07, 6.45) is 4.52. The molecule has 6 heteroatoms. The van der Waals surface area contributed by atoms with E-state index in [0.717, 1.165) is 19.4 Å². The summed E-state index contributed by atoms with van der Waals surface area (Å²) in [6, 6.07) is 0.422. The number of sulfone groups is 1. The van der Waals surface area contributed by atoms with E-state index in [0.29, 0.717) is 12.5 Å². The summed E-state index contributed by atoms with van der Waals surface area (Å²) in [7, 11) is -2.93. The van der Waals surface area contributed by atoms with Gasteiger partial charge in [-0.2, -0.15) is 5.10 Å². The first-order valence-corrected chi connectivity index (χ1v) is 9.59. The smallest absolute Gasteiger partial charge is 0.152 e. The minimum atomic E-state index is -2.93. The van der Waals surface area contributed by atoms with Crippen molar-refractivity contribution in [2.24, 2.45) is 0 Å². The van der Waals surface area contributed by atoms with Gasteiger partial charge in [0.05, 0.1) is 23.2 Å². The van der Waals surface area contributed by atoms with E-state index in [9.17, 15) is 8.42 Å². The van der Waals surface area contributed by atoms with Crippen LogP contribution in [-0.4, -0.2) is 35.7 Å². The van der Waals surface area contributed by atoms with E-state index in [1.165, 1.54) is 11.3 Å². The fraction of sp³-hybridized carbons (Fsp3) is 0.800. The Kier molecular flexibility index (Phi) is 4.78. The van der Waals surface area contributed by atoms with Crippen LogP contribution in [0, 0.1) is 0 Å². The van der Waals surface area contributed by atoms with Gasteiger partial charge in [-0.05, 0) is 19.8 Å². The third kappa shape index (κ3) is 3.66. The molecule has 1 aromatic heterocycles. The molecular formula is C15H27N3O2S. The summed E-state index contributed by atoms with van der Waals surface area (Å²) in [5, 5.41) is 7.97. The van der Waals surface area contributed by atoms with Crippen LogP contribution in [0.15, 0.2) is 6.20 Å². The molecule has 0 aromatic carbocycles. The van der Waals surface area contributed by atoms with E-state index in [1.54, 1.807) is 0 Å². The number of hydrogen-bond donors (Lipinski definition) is 1. The highest BCUT2D eigenvalue weighted by molar-refractivity contribution is 7.91. The molecule has 1 aliphatic rings. The predicted octanol–water partition coefficient (Wildman–Crippen LogP) is 1.87. The standard InChI is InChI=1S/C15H27N3O2S/c1-5-6-14-13(9-16-12(2)3)10-17-18(14)15(4)7-8-21(19,20)11-15/h10,12,16H,5-9,11H2,1-4H3. The Labute approximate surface area is 128 Å². The monoisotopic (exact) mass is 313 g/mol. The van der Waals surface area contributed by atoms with E-state index < -0.39 is 9.84 Å². The maximum absolute atomic E-state index is 11.9. The molecule has 2 rings (SSSR count). The van der Waals surface area contributed by atoms with E-state index in [4.69, 9.17) is 0 Å². The highest BCUT2D eigenvalue weighted by atomic mass is 32.2. The molecular weight excluding hydrogens is 286 g/mol. The second-order valence-corrected chi connectivity index (χ2v) is 8.84. The van der Waals surface area contributed by atoms with Gasteiger partial charge in [0.1, 0.15) is 0 Å². The first-order chi connectivity index (χ1) is 9.77. The first kappa shape index (κ1) is 16.5. The van der Waals surface area contributed by atoms with Gasteiger partial charge < -0.3 is 5.32 Å². The van der Waals surface area contributed by atoms with Crippen molar-refractivity contribution in [1.29, 1.82) is 0 Å². The first-order valence-electron chi connectivity index (χ1n) is 7.77. The molecule has 1 unspecified atom stereocenters. The summed E-state index contributed by atoms with van der Waals surface area (Å²) in [4.78, 5) is 0. The third-order valence-corrected chi connectivity index (χ3v) is 6.02. The average molecular weight is 313 g/mol. The van der Waals surface area contributed by atoms with E-state index in [2.05, 4.69) is 31.2 Å². The number of nitrogens with one attached hydrogen (secondary N) is 1. The molecule has 1 atom stereocenters. The van der Waals surface area contributed by atoms with Gasteiger partial charge in [0.15, 0.2) is 9.84 Å². The molecule has 0 radical (unpaired) electrons. The van der Waals surface area contributed by atoms with E-state index in [-0.39, 0.29) is 17.0 Å². The molecule has 120 valence electrons. The van der Waals surface area contributed by atoms with Crippen molar-refractivity contribution in [2.45, 2.75) is 65.1 Å². The molecule has 1 fully saturated rings. The number of rotatable bonds is 6. The van der Waals surface area contributed by atoms with Gasteiger partial charge in [0.25, 0.3) is 0 Å². The fourth-order valence-electron chi connectivity index (χ4n) is 3.00. The lowest BCUT2D eigenvalue weighted by Crippen LogP contribution is -2.34. The molecule has 1 saturated heterocycles. The van der Waals surface area contributed by atoms with Gasteiger partial charge >= 0.3 is 0 Å². The summed E-state index contributed by atoms with van der Waals surface area (Å²) in [5.41, 5.74) is 1.99. The van der Waals surface area contributed by atoms with Crippen LogP contribution in [0.5, 0.6) is 0 Å². The molecule has 1 aromatic rings. The lowest BCUT2D eigenvalue weighted by molar-refractivity contribution is 0.317. The molecule has 0 bridgehead atoms. The van der Waals surface area contributed by atoms with Gasteiger partial charge in [-0.1, -0.05) is 27.2 Å². The summed E-state index contributed by atoms with van der Waals surface area (Å²) in [5.74, 6) is 0.476. The molecule has 1 aliphatic heterocycles. The average Bonchev–Trinajstić information content (AvgIpc) is 2.90. The van der Waals surface area contributed by atoms with Crippen molar-refractivity contribution in [3.8, 4) is 0 Å². The highest BCUT2D eigenvalue weighted by Gasteiger charge is 2.41. The van der Waals surface area contributed by atoms with Crippen LogP contribution >= 0.6 is 0 Å². The van der Waals surface area contributed by atoms with Crippen LogP contribution in [-0.2, 0) is 28.3 Å². The van der Waals surface area contributed by atoms with Gasteiger partial charge in [0.2, 0.25) is 0 Å². The zero-order valence-electron chi connectivity index (χ0n) is 13.5. The largest absolute Gasteiger partial charge is 0.310 e. The van der Waals surface area contributed by atoms with Crippen molar-refractivity contribution >= 4 is 9.84 Å². The number of aromatic nitrogens is 2. The minimum absolute atomic E-state index is 0.204. The van der Waals surface area contributed by atoms with Crippen molar-refractivity contribution in [2.75, 3.05) is 11.5 Å². The van der Waals surface area contributed by atoms with Gasteiger partial charge in [0, 0.05) is 23.8 Å². The van der Waals surface area contributed by atoms with Crippen molar-refractivity contribution in [1.82, 2.24) is 15.1 Å². The Bertz CT molecular complexity index is 592. The van der Waals surface area contributed by atoms with Gasteiger partial charge in [-0.25, -0.2) is 8.42 Å². The van der Waals surface area contributed by atoms with E-state index >= 15 is 0 Å². The van der Waals surface area contributed by atoms with Gasteiger partial charge in [-0.15, -0.1) is 0 Å². The van der Waals surface area contributed by atoms with Crippen molar-refractivity contribution in [3.05, 3.63) is 17.5 Å². The lowest BCUT2D eigenvalue weighted by Gasteiger charge is -2.26. The minimum Gasteiger partial charge on any atom is -0.310 e. The molecule has 21 heavy (non-hydrogen) atoms. The highest BCUT2D eigenvalue weighted by Crippen LogP contribution is 2.32. The zero-order chi connectivity index (χ0) is 15.7. The summed E-state index contributed by atoms with van der Waals surface area (Å²) >= 11 is 0. The second-order valence-electron chi connectivity index (χ2n) is 6.65. The quantitative estimate of drug-likeness (QED) is 0.871. The third-order valence-electron chi connectivity index (χ3n) is 4.14. The molecule has 1 N–H and O–H groups in total. The number of hydrogen-bond acceptors (Lipinski definition) is 4. The Morgan fingerprint density at radius 3 is 2.71 bits per heavy atom. The van der Waals surface area contributed by atoms with Crippen LogP contribution < -0.4 is 5.32 Å². The Morgan fingerprint density at radius 2 is 2.19 bits per heavy atom. The Hall–Kier alpha value is -0.880.